The first-order chi connectivity index (χ1) is 8.16. The van der Waals surface area contributed by atoms with Gasteiger partial charge < -0.3 is 14.8 Å². The maximum Gasteiger partial charge on any atom is 0.407 e. The van der Waals surface area contributed by atoms with Gasteiger partial charge in [0.05, 0.1) is 12.1 Å². The van der Waals surface area contributed by atoms with Crippen LogP contribution < -0.4 is 10.1 Å². The molecule has 90 valence electrons. The number of carbonyl (C=O) groups is 2. The number of cyclic esters (lactones) is 1. The molecule has 0 bridgehead atoms. The molecule has 1 amide bonds. The van der Waals surface area contributed by atoms with Crippen molar-refractivity contribution in [3.8, 4) is 5.75 Å². The molecule has 1 aromatic rings. The third-order valence-corrected chi connectivity index (χ3v) is 2.44. The van der Waals surface area contributed by atoms with Crippen LogP contribution in [-0.4, -0.2) is 31.1 Å². The average molecular weight is 235 g/mol. The summed E-state index contributed by atoms with van der Waals surface area (Å²) in [6.07, 6.45) is -0.735. The molecule has 1 aliphatic heterocycles. The number of ether oxygens (including phenoxy) is 2. The highest BCUT2D eigenvalue weighted by atomic mass is 16.6. The van der Waals surface area contributed by atoms with E-state index in [1.54, 1.807) is 24.3 Å². The minimum atomic E-state index is -0.432. The molecule has 1 saturated heterocycles. The molecule has 5 nitrogen and oxygen atoms in total. The molecule has 1 heterocycles. The fourth-order valence-corrected chi connectivity index (χ4v) is 1.59. The van der Waals surface area contributed by atoms with Gasteiger partial charge >= 0.3 is 6.09 Å². The maximum atomic E-state index is 11.3. The standard InChI is InChI=1S/C12H13NO4/c1-8(14)10-4-2-3-5-11(10)16-7-9-6-13-12(15)17-9/h2-5,9H,6-7H2,1H3,(H,13,15). The van der Waals surface area contributed by atoms with Gasteiger partial charge in [0.25, 0.3) is 0 Å². The predicted octanol–water partition coefficient (Wildman–Crippen LogP) is 1.38. The number of hydrogen-bond donors (Lipinski definition) is 1. The van der Waals surface area contributed by atoms with E-state index < -0.39 is 6.09 Å². The largest absolute Gasteiger partial charge is 0.489 e. The highest BCUT2D eigenvalue weighted by Crippen LogP contribution is 2.19. The number of ketones is 1. The smallest absolute Gasteiger partial charge is 0.407 e. The zero-order chi connectivity index (χ0) is 12.3. The van der Waals surface area contributed by atoms with Crippen LogP contribution in [0.2, 0.25) is 0 Å². The molecule has 0 aliphatic carbocycles. The van der Waals surface area contributed by atoms with Gasteiger partial charge in [-0.05, 0) is 19.1 Å². The van der Waals surface area contributed by atoms with Gasteiger partial charge in [0.2, 0.25) is 0 Å². The molecule has 2 rings (SSSR count). The van der Waals surface area contributed by atoms with E-state index >= 15 is 0 Å². The zero-order valence-corrected chi connectivity index (χ0v) is 9.43. The molecular weight excluding hydrogens is 222 g/mol. The van der Waals surface area contributed by atoms with E-state index in [2.05, 4.69) is 5.32 Å². The summed E-state index contributed by atoms with van der Waals surface area (Å²) in [5.41, 5.74) is 0.532. The van der Waals surface area contributed by atoms with Crippen molar-refractivity contribution >= 4 is 11.9 Å². The van der Waals surface area contributed by atoms with Crippen LogP contribution in [-0.2, 0) is 4.74 Å². The summed E-state index contributed by atoms with van der Waals surface area (Å²) < 4.78 is 10.4. The Hall–Kier alpha value is -2.04. The molecule has 1 unspecified atom stereocenters. The molecule has 1 N–H and O–H groups in total. The van der Waals surface area contributed by atoms with E-state index in [1.165, 1.54) is 6.92 Å². The number of amides is 1. The van der Waals surface area contributed by atoms with Crippen LogP contribution in [0.3, 0.4) is 0 Å². The Bertz CT molecular complexity index is 444. The van der Waals surface area contributed by atoms with E-state index in [-0.39, 0.29) is 18.5 Å². The number of Topliss-reactive ketones (excluding diaryl/α,β-unsaturated/α-hetero) is 1. The first kappa shape index (κ1) is 11.4. The SMILES string of the molecule is CC(=O)c1ccccc1OCC1CNC(=O)O1. The Kier molecular flexibility index (Phi) is 3.27. The zero-order valence-electron chi connectivity index (χ0n) is 9.43. The maximum absolute atomic E-state index is 11.3. The molecule has 1 aliphatic rings. The monoisotopic (exact) mass is 235 g/mol. The van der Waals surface area contributed by atoms with Crippen LogP contribution in [0.4, 0.5) is 4.79 Å². The van der Waals surface area contributed by atoms with Crippen molar-refractivity contribution in [3.63, 3.8) is 0 Å². The molecule has 1 aromatic carbocycles. The number of para-hydroxylation sites is 1. The predicted molar refractivity (Wildman–Crippen MR) is 60.2 cm³/mol. The fraction of sp³-hybridized carbons (Fsp3) is 0.333. The lowest BCUT2D eigenvalue weighted by Gasteiger charge is -2.12. The highest BCUT2D eigenvalue weighted by Gasteiger charge is 2.23. The Morgan fingerprint density at radius 1 is 1.53 bits per heavy atom. The second kappa shape index (κ2) is 4.86. The second-order valence-electron chi connectivity index (χ2n) is 3.77. The van der Waals surface area contributed by atoms with Crippen LogP contribution in [0.1, 0.15) is 17.3 Å². The topological polar surface area (TPSA) is 64.6 Å². The first-order valence-corrected chi connectivity index (χ1v) is 5.34. The average Bonchev–Trinajstić information content (AvgIpc) is 2.73. The van der Waals surface area contributed by atoms with Crippen molar-refractivity contribution in [3.05, 3.63) is 29.8 Å². The second-order valence-corrected chi connectivity index (χ2v) is 3.77. The van der Waals surface area contributed by atoms with Gasteiger partial charge in [-0.15, -0.1) is 0 Å². The molecule has 17 heavy (non-hydrogen) atoms. The van der Waals surface area contributed by atoms with Crippen LogP contribution in [0, 0.1) is 0 Å². The van der Waals surface area contributed by atoms with Crippen LogP contribution in [0.25, 0.3) is 0 Å². The minimum Gasteiger partial charge on any atom is -0.489 e. The molecule has 1 fully saturated rings. The molecular formula is C12H13NO4. The molecule has 0 aromatic heterocycles. The number of alkyl carbamates (subject to hydrolysis) is 1. The number of carbonyl (C=O) groups excluding carboxylic acids is 2. The van der Waals surface area contributed by atoms with Gasteiger partial charge in [-0.25, -0.2) is 4.79 Å². The van der Waals surface area contributed by atoms with E-state index in [0.717, 1.165) is 0 Å². The molecule has 0 radical (unpaired) electrons. The summed E-state index contributed by atoms with van der Waals surface area (Å²) in [7, 11) is 0. The van der Waals surface area contributed by atoms with Gasteiger partial charge in [0, 0.05) is 0 Å². The first-order valence-electron chi connectivity index (χ1n) is 5.34. The summed E-state index contributed by atoms with van der Waals surface area (Å²) in [4.78, 5) is 22.1. The lowest BCUT2D eigenvalue weighted by atomic mass is 10.1. The fourth-order valence-electron chi connectivity index (χ4n) is 1.59. The Labute approximate surface area is 98.7 Å². The van der Waals surface area contributed by atoms with Crippen molar-refractivity contribution in [2.24, 2.45) is 0 Å². The number of nitrogens with one attached hydrogen (secondary N) is 1. The quantitative estimate of drug-likeness (QED) is 0.801. The van der Waals surface area contributed by atoms with Gasteiger partial charge in [0.1, 0.15) is 12.4 Å². The summed E-state index contributed by atoms with van der Waals surface area (Å²) >= 11 is 0. The van der Waals surface area contributed by atoms with Crippen molar-refractivity contribution in [2.75, 3.05) is 13.2 Å². The highest BCUT2D eigenvalue weighted by molar-refractivity contribution is 5.96. The lowest BCUT2D eigenvalue weighted by Crippen LogP contribution is -2.22. The van der Waals surface area contributed by atoms with Crippen LogP contribution >= 0.6 is 0 Å². The van der Waals surface area contributed by atoms with Gasteiger partial charge in [-0.1, -0.05) is 12.1 Å². The number of benzene rings is 1. The lowest BCUT2D eigenvalue weighted by molar-refractivity contribution is 0.0973. The summed E-state index contributed by atoms with van der Waals surface area (Å²) in [5.74, 6) is 0.463. The Balaban J connectivity index is 1.99. The van der Waals surface area contributed by atoms with E-state index in [9.17, 15) is 9.59 Å². The van der Waals surface area contributed by atoms with E-state index in [0.29, 0.717) is 17.9 Å². The van der Waals surface area contributed by atoms with Crippen LogP contribution in [0.5, 0.6) is 5.75 Å². The Morgan fingerprint density at radius 3 is 2.94 bits per heavy atom. The molecule has 5 heteroatoms. The third-order valence-electron chi connectivity index (χ3n) is 2.44. The van der Waals surface area contributed by atoms with Crippen LogP contribution in [0.15, 0.2) is 24.3 Å². The van der Waals surface area contributed by atoms with Gasteiger partial charge in [0.15, 0.2) is 11.9 Å². The van der Waals surface area contributed by atoms with E-state index in [4.69, 9.17) is 9.47 Å². The van der Waals surface area contributed by atoms with Crippen molar-refractivity contribution in [1.82, 2.24) is 5.32 Å². The summed E-state index contributed by atoms with van der Waals surface area (Å²) in [6, 6.07) is 7.00. The normalized spacial score (nSPS) is 18.4. The number of rotatable bonds is 4. The van der Waals surface area contributed by atoms with Crippen molar-refractivity contribution < 1.29 is 19.1 Å². The Morgan fingerprint density at radius 2 is 2.29 bits per heavy atom. The van der Waals surface area contributed by atoms with Crippen molar-refractivity contribution in [1.29, 1.82) is 0 Å². The molecule has 0 spiro atoms. The van der Waals surface area contributed by atoms with E-state index in [1.807, 2.05) is 0 Å². The number of hydrogen-bond acceptors (Lipinski definition) is 4. The minimum absolute atomic E-state index is 0.0536. The third kappa shape index (κ3) is 2.75. The summed E-state index contributed by atoms with van der Waals surface area (Å²) in [6.45, 7) is 2.16. The van der Waals surface area contributed by atoms with Crippen molar-refractivity contribution in [2.45, 2.75) is 13.0 Å². The van der Waals surface area contributed by atoms with Gasteiger partial charge in [-0.2, -0.15) is 0 Å². The van der Waals surface area contributed by atoms with Gasteiger partial charge in [-0.3, -0.25) is 4.79 Å². The molecule has 0 saturated carbocycles. The molecule has 1 atom stereocenters. The summed E-state index contributed by atoms with van der Waals surface area (Å²) in [5, 5.41) is 2.54.